The van der Waals surface area contributed by atoms with Crippen LogP contribution in [-0.2, 0) is 4.79 Å². The van der Waals surface area contributed by atoms with E-state index in [1.165, 1.54) is 24.4 Å². The van der Waals surface area contributed by atoms with Gasteiger partial charge in [0, 0.05) is 45.0 Å². The number of pyridine rings is 1. The molecule has 5 rings (SSSR count). The van der Waals surface area contributed by atoms with Gasteiger partial charge in [0.25, 0.3) is 17.6 Å². The number of ether oxygens (including phenoxy) is 1. The first-order chi connectivity index (χ1) is 18.0. The van der Waals surface area contributed by atoms with E-state index in [0.29, 0.717) is 52.5 Å². The van der Waals surface area contributed by atoms with Crippen molar-refractivity contribution in [3.05, 3.63) is 66.2 Å². The van der Waals surface area contributed by atoms with Crippen LogP contribution in [0.25, 0.3) is 22.3 Å². The summed E-state index contributed by atoms with van der Waals surface area (Å²) in [4.78, 5) is 58.6. The molecule has 3 aromatic heterocycles. The summed E-state index contributed by atoms with van der Waals surface area (Å²) in [6, 6.07) is 9.00. The number of piperazine rings is 1. The predicted octanol–water partition coefficient (Wildman–Crippen LogP) is 2.24. The number of nitrogens with one attached hydrogen (secondary N) is 2. The van der Waals surface area contributed by atoms with Crippen LogP contribution < -0.4 is 10.1 Å². The Bertz CT molecular complexity index is 1460. The van der Waals surface area contributed by atoms with Gasteiger partial charge in [-0.15, -0.1) is 0 Å². The van der Waals surface area contributed by atoms with Crippen LogP contribution in [0, 0.1) is 0 Å². The number of carbonyl (C=O) groups is 3. The molecule has 0 unspecified atom stereocenters. The Balaban J connectivity index is 1.37. The van der Waals surface area contributed by atoms with E-state index in [9.17, 15) is 14.4 Å². The van der Waals surface area contributed by atoms with Crippen LogP contribution in [0.1, 0.15) is 20.7 Å². The highest BCUT2D eigenvalue weighted by molar-refractivity contribution is 6.45. The van der Waals surface area contributed by atoms with Crippen LogP contribution in [-0.4, -0.2) is 87.7 Å². The highest BCUT2D eigenvalue weighted by atomic mass is 16.5. The minimum atomic E-state index is -0.666. The second kappa shape index (κ2) is 10.1. The topological polar surface area (TPSA) is 133 Å². The molecule has 11 heteroatoms. The average molecular weight is 500 g/mol. The van der Waals surface area contributed by atoms with Crippen molar-refractivity contribution in [2.24, 2.45) is 0 Å². The van der Waals surface area contributed by atoms with Crippen LogP contribution in [0.2, 0.25) is 0 Å². The lowest BCUT2D eigenvalue weighted by Crippen LogP contribution is -2.52. The van der Waals surface area contributed by atoms with Gasteiger partial charge in [-0.2, -0.15) is 0 Å². The number of nitrogens with zero attached hydrogens (tertiary/aromatic N) is 5. The SMILES string of the molecule is CNc1cnc(-c2ncc(OC)c3c(C(=O)C(=O)N4CCN(C(=O)c5ccccc5)CC4)c[nH]c23)cn1. The van der Waals surface area contributed by atoms with Crippen molar-refractivity contribution in [3.8, 4) is 17.1 Å². The molecule has 37 heavy (non-hydrogen) atoms. The number of carbonyl (C=O) groups excluding carboxylic acids is 3. The zero-order chi connectivity index (χ0) is 25.9. The minimum absolute atomic E-state index is 0.0914. The van der Waals surface area contributed by atoms with Crippen molar-refractivity contribution in [2.45, 2.75) is 0 Å². The predicted molar refractivity (Wildman–Crippen MR) is 136 cm³/mol. The summed E-state index contributed by atoms with van der Waals surface area (Å²) in [6.45, 7) is 1.23. The molecule has 1 fully saturated rings. The number of amides is 2. The van der Waals surface area contributed by atoms with Gasteiger partial charge in [-0.3, -0.25) is 14.4 Å². The largest absolute Gasteiger partial charge is 0.494 e. The van der Waals surface area contributed by atoms with E-state index >= 15 is 0 Å². The Labute approximate surface area is 212 Å². The van der Waals surface area contributed by atoms with E-state index in [1.54, 1.807) is 36.5 Å². The molecule has 0 atom stereocenters. The first kappa shape index (κ1) is 23.9. The van der Waals surface area contributed by atoms with Crippen molar-refractivity contribution < 1.29 is 19.1 Å². The Morgan fingerprint density at radius 1 is 0.946 bits per heavy atom. The van der Waals surface area contributed by atoms with Crippen molar-refractivity contribution >= 4 is 34.3 Å². The lowest BCUT2D eigenvalue weighted by molar-refractivity contribution is -0.127. The molecule has 188 valence electrons. The van der Waals surface area contributed by atoms with Gasteiger partial charge in [0.1, 0.15) is 23.0 Å². The molecule has 1 aliphatic rings. The van der Waals surface area contributed by atoms with Gasteiger partial charge in [-0.1, -0.05) is 18.2 Å². The van der Waals surface area contributed by atoms with Gasteiger partial charge < -0.3 is 24.8 Å². The number of H-pyrrole nitrogens is 1. The molecule has 2 N–H and O–H groups in total. The first-order valence-corrected chi connectivity index (χ1v) is 11.7. The van der Waals surface area contributed by atoms with Crippen LogP contribution in [0.4, 0.5) is 5.82 Å². The standard InChI is InChI=1S/C26H25N7O4/c1-27-20-15-28-18(13-29-20)22-23-21(19(37-2)14-31-22)17(12-30-23)24(34)26(36)33-10-8-32(9-11-33)25(35)16-6-4-3-5-7-16/h3-7,12-15,30H,8-11H2,1-2H3,(H,27,29). The molecule has 0 aliphatic carbocycles. The normalized spacial score (nSPS) is 13.5. The lowest BCUT2D eigenvalue weighted by atomic mass is 10.1. The third-order valence-corrected chi connectivity index (χ3v) is 6.36. The summed E-state index contributed by atoms with van der Waals surface area (Å²) in [6.07, 6.45) is 6.13. The van der Waals surface area contributed by atoms with Crippen molar-refractivity contribution in [1.82, 2.24) is 29.7 Å². The zero-order valence-electron chi connectivity index (χ0n) is 20.4. The van der Waals surface area contributed by atoms with Gasteiger partial charge in [0.15, 0.2) is 0 Å². The van der Waals surface area contributed by atoms with Crippen molar-refractivity contribution in [2.75, 3.05) is 45.7 Å². The maximum atomic E-state index is 13.4. The molecule has 2 amide bonds. The Kier molecular flexibility index (Phi) is 6.50. The second-order valence-corrected chi connectivity index (χ2v) is 8.44. The molecular weight excluding hydrogens is 474 g/mol. The molecule has 0 radical (unpaired) electrons. The number of fused-ring (bicyclic) bond motifs is 1. The molecule has 4 aromatic rings. The summed E-state index contributed by atoms with van der Waals surface area (Å²) in [5, 5.41) is 3.36. The zero-order valence-corrected chi connectivity index (χ0v) is 20.4. The molecule has 0 saturated carbocycles. The van der Waals surface area contributed by atoms with Gasteiger partial charge in [-0.25, -0.2) is 15.0 Å². The van der Waals surface area contributed by atoms with Crippen LogP contribution in [0.15, 0.2) is 55.1 Å². The number of hydrogen-bond acceptors (Lipinski definition) is 8. The van der Waals surface area contributed by atoms with Gasteiger partial charge in [-0.05, 0) is 12.1 Å². The maximum absolute atomic E-state index is 13.4. The summed E-state index contributed by atoms with van der Waals surface area (Å²) in [7, 11) is 3.22. The number of anilines is 1. The number of benzene rings is 1. The fraction of sp³-hybridized carbons (Fsp3) is 0.231. The number of aromatic nitrogens is 4. The Hall–Kier alpha value is -4.80. The number of rotatable bonds is 6. The number of Topliss-reactive ketones (excluding diaryl/α,β-unsaturated/α-hetero) is 1. The van der Waals surface area contributed by atoms with Gasteiger partial charge in [0.05, 0.1) is 42.2 Å². The van der Waals surface area contributed by atoms with E-state index in [2.05, 4.69) is 25.3 Å². The molecule has 4 heterocycles. The molecule has 11 nitrogen and oxygen atoms in total. The molecule has 1 saturated heterocycles. The summed E-state index contributed by atoms with van der Waals surface area (Å²) in [5.41, 5.74) is 2.27. The monoisotopic (exact) mass is 499 g/mol. The molecule has 0 spiro atoms. The van der Waals surface area contributed by atoms with Crippen LogP contribution >= 0.6 is 0 Å². The Morgan fingerprint density at radius 3 is 2.32 bits per heavy atom. The second-order valence-electron chi connectivity index (χ2n) is 8.44. The fourth-order valence-corrected chi connectivity index (χ4v) is 4.36. The van der Waals surface area contributed by atoms with Crippen LogP contribution in [0.5, 0.6) is 5.75 Å². The average Bonchev–Trinajstić information content (AvgIpc) is 3.41. The van der Waals surface area contributed by atoms with Crippen LogP contribution in [0.3, 0.4) is 0 Å². The Morgan fingerprint density at radius 2 is 1.68 bits per heavy atom. The minimum Gasteiger partial charge on any atom is -0.494 e. The van der Waals surface area contributed by atoms with E-state index in [-0.39, 0.29) is 24.6 Å². The first-order valence-electron chi connectivity index (χ1n) is 11.7. The number of ketones is 1. The van der Waals surface area contributed by atoms with E-state index in [0.717, 1.165) is 0 Å². The summed E-state index contributed by atoms with van der Waals surface area (Å²) < 4.78 is 5.46. The smallest absolute Gasteiger partial charge is 0.295 e. The third-order valence-electron chi connectivity index (χ3n) is 6.36. The lowest BCUT2D eigenvalue weighted by Gasteiger charge is -2.34. The van der Waals surface area contributed by atoms with E-state index in [1.807, 2.05) is 18.2 Å². The summed E-state index contributed by atoms with van der Waals surface area (Å²) >= 11 is 0. The van der Waals surface area contributed by atoms with E-state index < -0.39 is 11.7 Å². The quantitative estimate of drug-likeness (QED) is 0.305. The van der Waals surface area contributed by atoms with Crippen molar-refractivity contribution in [1.29, 1.82) is 0 Å². The number of aromatic amines is 1. The highest BCUT2D eigenvalue weighted by Crippen LogP contribution is 2.34. The molecule has 0 bridgehead atoms. The van der Waals surface area contributed by atoms with Crippen molar-refractivity contribution in [3.63, 3.8) is 0 Å². The van der Waals surface area contributed by atoms with E-state index in [4.69, 9.17) is 4.74 Å². The highest BCUT2D eigenvalue weighted by Gasteiger charge is 2.31. The van der Waals surface area contributed by atoms with Gasteiger partial charge in [0.2, 0.25) is 0 Å². The molecule has 1 aliphatic heterocycles. The fourth-order valence-electron chi connectivity index (χ4n) is 4.36. The number of hydrogen-bond donors (Lipinski definition) is 2. The molecular formula is C26H25N7O4. The molecule has 1 aromatic carbocycles. The summed E-state index contributed by atoms with van der Waals surface area (Å²) in [5.74, 6) is -0.431. The third kappa shape index (κ3) is 4.46. The maximum Gasteiger partial charge on any atom is 0.295 e. The van der Waals surface area contributed by atoms with Gasteiger partial charge >= 0.3 is 0 Å². The number of methoxy groups -OCH3 is 1.